The lowest BCUT2D eigenvalue weighted by Crippen LogP contribution is -2.32. The Balaban J connectivity index is 1.92. The van der Waals surface area contributed by atoms with Gasteiger partial charge in [0.1, 0.15) is 5.38 Å². The maximum Gasteiger partial charge on any atom is 0.451 e. The van der Waals surface area contributed by atoms with Crippen LogP contribution in [-0.4, -0.2) is 35.1 Å². The number of aromatic nitrogens is 1. The van der Waals surface area contributed by atoms with Crippen molar-refractivity contribution in [2.75, 3.05) is 6.54 Å². The summed E-state index contributed by atoms with van der Waals surface area (Å²) in [6, 6.07) is 7.68. The molecule has 0 saturated heterocycles. The largest absolute Gasteiger partial charge is 0.451 e. The van der Waals surface area contributed by atoms with Crippen LogP contribution in [0.15, 0.2) is 35.5 Å². The normalized spacial score (nSPS) is 13.9. The zero-order valence-electron chi connectivity index (χ0n) is 10.8. The van der Waals surface area contributed by atoms with Crippen LogP contribution in [0.3, 0.4) is 0 Å². The van der Waals surface area contributed by atoms with Gasteiger partial charge < -0.3 is 4.98 Å². The van der Waals surface area contributed by atoms with Gasteiger partial charge in [-0.15, -0.1) is 11.6 Å². The smallest absolute Gasteiger partial charge is 0.361 e. The van der Waals surface area contributed by atoms with Gasteiger partial charge in [-0.1, -0.05) is 18.2 Å². The molecule has 0 aliphatic rings. The lowest BCUT2D eigenvalue weighted by atomic mass is 10.1. The third-order valence-electron chi connectivity index (χ3n) is 2.95. The van der Waals surface area contributed by atoms with Crippen LogP contribution in [-0.2, 0) is 11.2 Å². The first kappa shape index (κ1) is 15.6. The molecule has 2 aromatic rings. The highest BCUT2D eigenvalue weighted by molar-refractivity contribution is 6.40. The Morgan fingerprint density at radius 1 is 1.38 bits per heavy atom. The van der Waals surface area contributed by atoms with E-state index in [4.69, 9.17) is 11.6 Å². The topological polar surface area (TPSA) is 45.2 Å². The van der Waals surface area contributed by atoms with Gasteiger partial charge in [0.05, 0.1) is 0 Å². The molecule has 0 amide bonds. The molecule has 21 heavy (non-hydrogen) atoms. The predicted molar refractivity (Wildman–Crippen MR) is 76.1 cm³/mol. The molecular weight excluding hydrogens is 305 g/mol. The number of hydrogen-bond acceptors (Lipinski definition) is 2. The van der Waals surface area contributed by atoms with Crippen LogP contribution in [0.2, 0.25) is 0 Å². The molecule has 0 saturated carbocycles. The fourth-order valence-electron chi connectivity index (χ4n) is 1.91. The number of H-pyrrole nitrogens is 1. The summed E-state index contributed by atoms with van der Waals surface area (Å²) in [4.78, 5) is 17.7. The quantitative estimate of drug-likeness (QED) is 0.666. The molecule has 0 spiro atoms. The molecule has 0 aliphatic heterocycles. The number of Topliss-reactive ketones (excluding diaryl/α,β-unsaturated/α-hetero) is 1. The summed E-state index contributed by atoms with van der Waals surface area (Å²) in [7, 11) is 0. The molecule has 0 radical (unpaired) electrons. The fourth-order valence-corrected chi connectivity index (χ4v) is 2.12. The first-order valence-corrected chi connectivity index (χ1v) is 6.63. The van der Waals surface area contributed by atoms with Crippen LogP contribution in [0.5, 0.6) is 0 Å². The van der Waals surface area contributed by atoms with Crippen molar-refractivity contribution in [1.29, 1.82) is 0 Å². The van der Waals surface area contributed by atoms with E-state index < -0.39 is 17.3 Å². The SMILES string of the molecule is O=C(C(Cl)C=NCCc1c[nH]c2ccccc12)C(F)(F)F. The van der Waals surface area contributed by atoms with Gasteiger partial charge in [0.2, 0.25) is 0 Å². The number of para-hydroxylation sites is 1. The van der Waals surface area contributed by atoms with Gasteiger partial charge in [0.15, 0.2) is 0 Å². The lowest BCUT2D eigenvalue weighted by molar-refractivity contribution is -0.169. The molecule has 1 aromatic carbocycles. The van der Waals surface area contributed by atoms with E-state index >= 15 is 0 Å². The average molecular weight is 317 g/mol. The fraction of sp³-hybridized carbons (Fsp3) is 0.286. The molecule has 7 heteroatoms. The second-order valence-corrected chi connectivity index (χ2v) is 4.90. The minimum Gasteiger partial charge on any atom is -0.361 e. The number of carbonyl (C=O) groups is 1. The molecule has 0 aliphatic carbocycles. The number of benzene rings is 1. The summed E-state index contributed by atoms with van der Waals surface area (Å²) in [6.45, 7) is 0.260. The van der Waals surface area contributed by atoms with E-state index in [1.165, 1.54) is 0 Å². The number of alkyl halides is 4. The Labute approximate surface area is 123 Å². The van der Waals surface area contributed by atoms with Crippen LogP contribution >= 0.6 is 11.6 Å². The van der Waals surface area contributed by atoms with Gasteiger partial charge >= 0.3 is 6.18 Å². The van der Waals surface area contributed by atoms with Crippen LogP contribution < -0.4 is 0 Å². The molecule has 0 fully saturated rings. The van der Waals surface area contributed by atoms with Gasteiger partial charge in [-0.3, -0.25) is 9.79 Å². The molecule has 112 valence electrons. The van der Waals surface area contributed by atoms with Crippen molar-refractivity contribution in [3.8, 4) is 0 Å². The maximum atomic E-state index is 12.1. The zero-order chi connectivity index (χ0) is 15.5. The van der Waals surface area contributed by atoms with Crippen LogP contribution in [0.4, 0.5) is 13.2 Å². The standard InChI is InChI=1S/C14H12ClF3N2O/c15-11(13(21)14(16,17)18)8-19-6-5-9-7-20-12-4-2-1-3-10(9)12/h1-4,7-8,11,20H,5-6H2. The van der Waals surface area contributed by atoms with Crippen molar-refractivity contribution in [3.05, 3.63) is 36.0 Å². The Morgan fingerprint density at radius 3 is 2.81 bits per heavy atom. The molecule has 2 rings (SSSR count). The van der Waals surface area contributed by atoms with Crippen molar-refractivity contribution >= 4 is 34.5 Å². The Morgan fingerprint density at radius 2 is 2.10 bits per heavy atom. The third kappa shape index (κ3) is 3.85. The minimum atomic E-state index is -4.94. The van der Waals surface area contributed by atoms with E-state index in [2.05, 4.69) is 9.98 Å². The molecule has 1 heterocycles. The van der Waals surface area contributed by atoms with Gasteiger partial charge in [-0.25, -0.2) is 0 Å². The average Bonchev–Trinajstić information content (AvgIpc) is 2.85. The van der Waals surface area contributed by atoms with Crippen LogP contribution in [0.25, 0.3) is 10.9 Å². The van der Waals surface area contributed by atoms with E-state index in [0.29, 0.717) is 6.42 Å². The molecule has 1 unspecified atom stereocenters. The number of aliphatic imine (C=N–C) groups is 1. The minimum absolute atomic E-state index is 0.260. The van der Waals surface area contributed by atoms with Gasteiger partial charge in [0, 0.05) is 29.9 Å². The summed E-state index contributed by atoms with van der Waals surface area (Å²) in [5, 5.41) is -0.727. The van der Waals surface area contributed by atoms with Crippen molar-refractivity contribution < 1.29 is 18.0 Å². The number of rotatable bonds is 5. The summed E-state index contributed by atoms with van der Waals surface area (Å²) in [5.41, 5.74) is 2.00. The van der Waals surface area contributed by atoms with Crippen molar-refractivity contribution in [2.45, 2.75) is 18.0 Å². The van der Waals surface area contributed by atoms with E-state index in [1.54, 1.807) is 0 Å². The first-order valence-electron chi connectivity index (χ1n) is 6.19. The maximum absolute atomic E-state index is 12.1. The molecule has 1 atom stereocenters. The Kier molecular flexibility index (Phi) is 4.67. The van der Waals surface area contributed by atoms with Gasteiger partial charge in [-0.2, -0.15) is 13.2 Å². The summed E-state index contributed by atoms with van der Waals surface area (Å²) >= 11 is 5.35. The van der Waals surface area contributed by atoms with E-state index in [9.17, 15) is 18.0 Å². The number of ketones is 1. The number of nitrogens with one attached hydrogen (secondary N) is 1. The van der Waals surface area contributed by atoms with E-state index in [1.807, 2.05) is 30.5 Å². The number of carbonyl (C=O) groups excluding carboxylic acids is 1. The summed E-state index contributed by atoms with van der Waals surface area (Å²) in [5.74, 6) is -2.00. The number of aromatic amines is 1. The monoisotopic (exact) mass is 316 g/mol. The lowest BCUT2D eigenvalue weighted by Gasteiger charge is -2.06. The molecule has 0 bridgehead atoms. The second kappa shape index (κ2) is 6.30. The van der Waals surface area contributed by atoms with Crippen LogP contribution in [0, 0.1) is 0 Å². The van der Waals surface area contributed by atoms with Crippen molar-refractivity contribution in [3.63, 3.8) is 0 Å². The molecule has 1 N–H and O–H groups in total. The second-order valence-electron chi connectivity index (χ2n) is 4.43. The van der Waals surface area contributed by atoms with Crippen molar-refractivity contribution in [2.24, 2.45) is 4.99 Å². The van der Waals surface area contributed by atoms with Crippen molar-refractivity contribution in [1.82, 2.24) is 4.98 Å². The number of hydrogen-bond donors (Lipinski definition) is 1. The molecule has 1 aromatic heterocycles. The highest BCUT2D eigenvalue weighted by Crippen LogP contribution is 2.20. The number of halogens is 4. The number of nitrogens with zero attached hydrogens (tertiary/aromatic N) is 1. The van der Waals surface area contributed by atoms with Crippen LogP contribution in [0.1, 0.15) is 5.56 Å². The highest BCUT2D eigenvalue weighted by atomic mass is 35.5. The molecule has 3 nitrogen and oxygen atoms in total. The van der Waals surface area contributed by atoms with Gasteiger partial charge in [-0.05, 0) is 18.1 Å². The Bertz CT molecular complexity index is 664. The predicted octanol–water partition coefficient (Wildman–Crippen LogP) is 3.52. The summed E-state index contributed by atoms with van der Waals surface area (Å²) in [6.07, 6.45) is -1.72. The number of fused-ring (bicyclic) bond motifs is 1. The zero-order valence-corrected chi connectivity index (χ0v) is 11.6. The highest BCUT2D eigenvalue weighted by Gasteiger charge is 2.42. The third-order valence-corrected chi connectivity index (χ3v) is 3.26. The van der Waals surface area contributed by atoms with E-state index in [0.717, 1.165) is 22.7 Å². The Hall–Kier alpha value is -1.82. The summed E-state index contributed by atoms with van der Waals surface area (Å²) < 4.78 is 36.3. The molecular formula is C14H12ClF3N2O. The van der Waals surface area contributed by atoms with E-state index in [-0.39, 0.29) is 6.54 Å². The first-order chi connectivity index (χ1) is 9.89. The van der Waals surface area contributed by atoms with Gasteiger partial charge in [0.25, 0.3) is 5.78 Å².